The zero-order valence-electron chi connectivity index (χ0n) is 11.2. The van der Waals surface area contributed by atoms with E-state index < -0.39 is 5.60 Å². The van der Waals surface area contributed by atoms with Crippen molar-refractivity contribution in [3.8, 4) is 0 Å². The molecule has 4 nitrogen and oxygen atoms in total. The van der Waals surface area contributed by atoms with Crippen molar-refractivity contribution in [3.63, 3.8) is 0 Å². The molecule has 0 atom stereocenters. The summed E-state index contributed by atoms with van der Waals surface area (Å²) in [6, 6.07) is 0.210. The molecule has 0 radical (unpaired) electrons. The molecule has 2 amide bonds. The maximum Gasteiger partial charge on any atom is 0.315 e. The van der Waals surface area contributed by atoms with Crippen molar-refractivity contribution >= 4 is 6.03 Å². The van der Waals surface area contributed by atoms with Crippen molar-refractivity contribution in [3.05, 3.63) is 0 Å². The lowest BCUT2D eigenvalue weighted by Gasteiger charge is -2.36. The van der Waals surface area contributed by atoms with E-state index in [0.717, 1.165) is 32.1 Å². The molecule has 104 valence electrons. The second-order valence-corrected chi connectivity index (χ2v) is 5.95. The van der Waals surface area contributed by atoms with E-state index in [1.54, 1.807) is 0 Å². The molecule has 4 heteroatoms. The lowest BCUT2D eigenvalue weighted by Crippen LogP contribution is -2.51. The predicted molar refractivity (Wildman–Crippen MR) is 71.4 cm³/mol. The molecule has 0 saturated heterocycles. The molecule has 0 aromatic heterocycles. The maximum absolute atomic E-state index is 11.8. The molecule has 2 saturated carbocycles. The molecule has 0 aliphatic heterocycles. The Morgan fingerprint density at radius 1 is 1.06 bits per heavy atom. The summed E-state index contributed by atoms with van der Waals surface area (Å²) >= 11 is 0. The molecule has 2 aliphatic rings. The van der Waals surface area contributed by atoms with Crippen LogP contribution < -0.4 is 10.6 Å². The van der Waals surface area contributed by atoms with E-state index in [2.05, 4.69) is 10.6 Å². The smallest absolute Gasteiger partial charge is 0.315 e. The first-order chi connectivity index (χ1) is 8.68. The van der Waals surface area contributed by atoms with E-state index >= 15 is 0 Å². The molecule has 0 aromatic rings. The fourth-order valence-corrected chi connectivity index (χ4v) is 2.84. The normalized spacial score (nSPS) is 24.5. The van der Waals surface area contributed by atoms with Gasteiger partial charge in [0.15, 0.2) is 0 Å². The predicted octanol–water partition coefficient (Wildman–Crippen LogP) is 2.31. The van der Waals surface area contributed by atoms with Gasteiger partial charge in [0.25, 0.3) is 0 Å². The third-order valence-electron chi connectivity index (χ3n) is 4.30. The second-order valence-electron chi connectivity index (χ2n) is 5.95. The Balaban J connectivity index is 1.65. The van der Waals surface area contributed by atoms with Gasteiger partial charge in [0.1, 0.15) is 0 Å². The van der Waals surface area contributed by atoms with Crippen LogP contribution in [0.15, 0.2) is 0 Å². The van der Waals surface area contributed by atoms with E-state index in [4.69, 9.17) is 0 Å². The Morgan fingerprint density at radius 3 is 2.22 bits per heavy atom. The molecule has 0 aromatic carbocycles. The third-order valence-corrected chi connectivity index (χ3v) is 4.30. The highest BCUT2D eigenvalue weighted by Gasteiger charge is 2.34. The Morgan fingerprint density at radius 2 is 1.67 bits per heavy atom. The van der Waals surface area contributed by atoms with Crippen LogP contribution in [0.5, 0.6) is 0 Å². The first kappa shape index (κ1) is 13.7. The summed E-state index contributed by atoms with van der Waals surface area (Å²) in [6.45, 7) is 0.394. The van der Waals surface area contributed by atoms with Gasteiger partial charge in [-0.25, -0.2) is 4.79 Å². The molecule has 18 heavy (non-hydrogen) atoms. The quantitative estimate of drug-likeness (QED) is 0.724. The van der Waals surface area contributed by atoms with Crippen LogP contribution in [0.25, 0.3) is 0 Å². The lowest BCUT2D eigenvalue weighted by molar-refractivity contribution is -0.0290. The van der Waals surface area contributed by atoms with Crippen molar-refractivity contribution < 1.29 is 9.90 Å². The van der Waals surface area contributed by atoms with Gasteiger partial charge in [-0.1, -0.05) is 32.1 Å². The largest absolute Gasteiger partial charge is 0.388 e. The number of carbonyl (C=O) groups excluding carboxylic acids is 1. The number of rotatable bonds is 3. The van der Waals surface area contributed by atoms with E-state index in [1.807, 2.05) is 0 Å². The molecule has 2 aliphatic carbocycles. The fourth-order valence-electron chi connectivity index (χ4n) is 2.84. The third kappa shape index (κ3) is 4.16. The number of amides is 2. The molecule has 0 heterocycles. The molecule has 0 unspecified atom stereocenters. The summed E-state index contributed by atoms with van der Waals surface area (Å²) in [6.07, 6.45) is 11.3. The van der Waals surface area contributed by atoms with Crippen LogP contribution in [0, 0.1) is 0 Å². The molecular formula is C14H26N2O2. The van der Waals surface area contributed by atoms with Crippen molar-refractivity contribution in [1.29, 1.82) is 0 Å². The highest BCUT2D eigenvalue weighted by Crippen LogP contribution is 2.30. The summed E-state index contributed by atoms with van der Waals surface area (Å²) in [5.74, 6) is 0. The van der Waals surface area contributed by atoms with Crippen molar-refractivity contribution in [1.82, 2.24) is 10.6 Å². The molecule has 0 bridgehead atoms. The number of hydrogen-bond acceptors (Lipinski definition) is 2. The zero-order valence-corrected chi connectivity index (χ0v) is 11.2. The highest BCUT2D eigenvalue weighted by atomic mass is 16.3. The average molecular weight is 254 g/mol. The van der Waals surface area contributed by atoms with Crippen molar-refractivity contribution in [2.45, 2.75) is 75.9 Å². The summed E-state index contributed by atoms with van der Waals surface area (Å²) in [4.78, 5) is 11.8. The minimum atomic E-state index is -0.627. The molecule has 3 N–H and O–H groups in total. The van der Waals surface area contributed by atoms with E-state index in [-0.39, 0.29) is 6.03 Å². The number of urea groups is 1. The van der Waals surface area contributed by atoms with Gasteiger partial charge in [-0.05, 0) is 32.1 Å². The Kier molecular flexibility index (Phi) is 4.87. The monoisotopic (exact) mass is 254 g/mol. The fraction of sp³-hybridized carbons (Fsp3) is 0.929. The molecule has 2 rings (SSSR count). The SMILES string of the molecule is O=C(NCC1(O)CCC1)NC1CCCCCCC1. The summed E-state index contributed by atoms with van der Waals surface area (Å²) < 4.78 is 0. The van der Waals surface area contributed by atoms with Gasteiger partial charge in [-0.3, -0.25) is 0 Å². The molecule has 0 spiro atoms. The number of carbonyl (C=O) groups is 1. The summed E-state index contributed by atoms with van der Waals surface area (Å²) in [7, 11) is 0. The van der Waals surface area contributed by atoms with Crippen LogP contribution >= 0.6 is 0 Å². The van der Waals surface area contributed by atoms with Crippen LogP contribution in [0.2, 0.25) is 0 Å². The first-order valence-electron chi connectivity index (χ1n) is 7.45. The van der Waals surface area contributed by atoms with Gasteiger partial charge in [-0.2, -0.15) is 0 Å². The summed E-state index contributed by atoms with van der Waals surface area (Å²) in [5, 5.41) is 15.8. The van der Waals surface area contributed by atoms with Gasteiger partial charge < -0.3 is 15.7 Å². The van der Waals surface area contributed by atoms with Crippen LogP contribution in [0.3, 0.4) is 0 Å². The van der Waals surface area contributed by atoms with E-state index in [0.29, 0.717) is 12.6 Å². The topological polar surface area (TPSA) is 61.4 Å². The average Bonchev–Trinajstić information content (AvgIpc) is 2.27. The number of hydrogen-bond donors (Lipinski definition) is 3. The van der Waals surface area contributed by atoms with Crippen LogP contribution in [0.1, 0.15) is 64.2 Å². The van der Waals surface area contributed by atoms with Crippen molar-refractivity contribution in [2.24, 2.45) is 0 Å². The molecule has 2 fully saturated rings. The van der Waals surface area contributed by atoms with E-state index in [9.17, 15) is 9.90 Å². The lowest BCUT2D eigenvalue weighted by atomic mass is 9.80. The minimum absolute atomic E-state index is 0.110. The highest BCUT2D eigenvalue weighted by molar-refractivity contribution is 5.74. The maximum atomic E-state index is 11.8. The van der Waals surface area contributed by atoms with Crippen LogP contribution in [0.4, 0.5) is 4.79 Å². The van der Waals surface area contributed by atoms with Crippen LogP contribution in [-0.4, -0.2) is 29.3 Å². The zero-order chi connectivity index (χ0) is 12.8. The van der Waals surface area contributed by atoms with Gasteiger partial charge in [-0.15, -0.1) is 0 Å². The van der Waals surface area contributed by atoms with Crippen molar-refractivity contribution in [2.75, 3.05) is 6.54 Å². The van der Waals surface area contributed by atoms with E-state index in [1.165, 1.54) is 32.1 Å². The van der Waals surface area contributed by atoms with Gasteiger partial charge in [0.05, 0.1) is 5.60 Å². The Labute approximate surface area is 110 Å². The van der Waals surface area contributed by atoms with Gasteiger partial charge >= 0.3 is 6.03 Å². The minimum Gasteiger partial charge on any atom is -0.388 e. The first-order valence-corrected chi connectivity index (χ1v) is 7.45. The Bertz CT molecular complexity index is 269. The van der Waals surface area contributed by atoms with Crippen LogP contribution in [-0.2, 0) is 0 Å². The standard InChI is InChI=1S/C14H26N2O2/c17-13(15-11-14(18)9-6-10-14)16-12-7-4-2-1-3-5-8-12/h12,18H,1-11H2,(H2,15,16,17). The second kappa shape index (κ2) is 6.41. The Hall–Kier alpha value is -0.770. The van der Waals surface area contributed by atoms with Gasteiger partial charge in [0, 0.05) is 12.6 Å². The van der Waals surface area contributed by atoms with Gasteiger partial charge in [0.2, 0.25) is 0 Å². The summed E-state index contributed by atoms with van der Waals surface area (Å²) in [5.41, 5.74) is -0.627. The number of nitrogens with one attached hydrogen (secondary N) is 2. The molecular weight excluding hydrogens is 228 g/mol. The number of aliphatic hydroxyl groups is 1.